The van der Waals surface area contributed by atoms with Gasteiger partial charge >= 0.3 is 5.97 Å². The lowest BCUT2D eigenvalue weighted by molar-refractivity contribution is -0.116. The molecule has 0 heterocycles. The zero-order valence-electron chi connectivity index (χ0n) is 9.86. The fourth-order valence-electron chi connectivity index (χ4n) is 1.56. The predicted octanol–water partition coefficient (Wildman–Crippen LogP) is 1.81. The van der Waals surface area contributed by atoms with E-state index in [2.05, 4.69) is 0 Å². The average molecular weight is 234 g/mol. The Labute approximate surface area is 99.6 Å². The van der Waals surface area contributed by atoms with Crippen LogP contribution in [0.4, 0.5) is 0 Å². The van der Waals surface area contributed by atoms with Crippen molar-refractivity contribution >= 4 is 18.0 Å². The maximum atomic E-state index is 11.7. The number of ether oxygens (including phenoxy) is 1. The van der Waals surface area contributed by atoms with Gasteiger partial charge in [0.15, 0.2) is 0 Å². The Bertz CT molecular complexity index is 449. The summed E-state index contributed by atoms with van der Waals surface area (Å²) in [6.45, 7) is 3.37. The second-order valence-corrected chi connectivity index (χ2v) is 3.59. The predicted molar refractivity (Wildman–Crippen MR) is 62.2 cm³/mol. The SMILES string of the molecule is CCOC(=O)c1cccc(C=O)c1CC(C)=O. The maximum Gasteiger partial charge on any atom is 0.338 e. The molecule has 4 nitrogen and oxygen atoms in total. The van der Waals surface area contributed by atoms with Gasteiger partial charge in [0.2, 0.25) is 0 Å². The molecule has 0 aliphatic rings. The molecule has 90 valence electrons. The summed E-state index contributed by atoms with van der Waals surface area (Å²) in [6.07, 6.45) is 0.698. The summed E-state index contributed by atoms with van der Waals surface area (Å²) in [5.74, 6) is -0.614. The van der Waals surface area contributed by atoms with E-state index in [9.17, 15) is 14.4 Å². The lowest BCUT2D eigenvalue weighted by atomic mass is 9.97. The molecular formula is C13H14O4. The standard InChI is InChI=1S/C13H14O4/c1-3-17-13(16)11-6-4-5-10(8-14)12(11)7-9(2)15/h4-6,8H,3,7H2,1-2H3. The molecule has 0 N–H and O–H groups in total. The van der Waals surface area contributed by atoms with Gasteiger partial charge in [-0.25, -0.2) is 4.79 Å². The van der Waals surface area contributed by atoms with Crippen molar-refractivity contribution in [1.82, 2.24) is 0 Å². The first-order valence-electron chi connectivity index (χ1n) is 5.33. The third-order valence-corrected chi connectivity index (χ3v) is 2.26. The van der Waals surface area contributed by atoms with Crippen LogP contribution in [-0.4, -0.2) is 24.6 Å². The highest BCUT2D eigenvalue weighted by molar-refractivity contribution is 5.96. The fraction of sp³-hybridized carbons (Fsp3) is 0.308. The molecular weight excluding hydrogens is 220 g/mol. The quantitative estimate of drug-likeness (QED) is 0.575. The van der Waals surface area contributed by atoms with E-state index >= 15 is 0 Å². The third-order valence-electron chi connectivity index (χ3n) is 2.26. The Hall–Kier alpha value is -1.97. The lowest BCUT2D eigenvalue weighted by Crippen LogP contribution is -2.12. The van der Waals surface area contributed by atoms with E-state index in [0.29, 0.717) is 17.4 Å². The average Bonchev–Trinajstić information content (AvgIpc) is 2.28. The van der Waals surface area contributed by atoms with Gasteiger partial charge < -0.3 is 4.74 Å². The smallest absolute Gasteiger partial charge is 0.338 e. The third kappa shape index (κ3) is 3.24. The van der Waals surface area contributed by atoms with E-state index in [1.54, 1.807) is 25.1 Å². The van der Waals surface area contributed by atoms with E-state index in [1.807, 2.05) is 0 Å². The summed E-state index contributed by atoms with van der Waals surface area (Å²) in [4.78, 5) is 33.7. The van der Waals surface area contributed by atoms with Gasteiger partial charge in [-0.2, -0.15) is 0 Å². The molecule has 1 rings (SSSR count). The van der Waals surface area contributed by atoms with Gasteiger partial charge in [-0.15, -0.1) is 0 Å². The van der Waals surface area contributed by atoms with Crippen LogP contribution < -0.4 is 0 Å². The Morgan fingerprint density at radius 1 is 1.35 bits per heavy atom. The van der Waals surface area contributed by atoms with Crippen LogP contribution in [0.2, 0.25) is 0 Å². The normalized spacial score (nSPS) is 9.76. The van der Waals surface area contributed by atoms with Crippen LogP contribution in [-0.2, 0) is 16.0 Å². The van der Waals surface area contributed by atoms with Gasteiger partial charge in [0.1, 0.15) is 12.1 Å². The maximum absolute atomic E-state index is 11.7. The van der Waals surface area contributed by atoms with Gasteiger partial charge in [-0.1, -0.05) is 12.1 Å². The van der Waals surface area contributed by atoms with E-state index in [-0.39, 0.29) is 24.4 Å². The molecule has 0 unspecified atom stereocenters. The second-order valence-electron chi connectivity index (χ2n) is 3.59. The summed E-state index contributed by atoms with van der Waals surface area (Å²) in [5.41, 5.74) is 1.07. The van der Waals surface area contributed by atoms with Gasteiger partial charge in [-0.05, 0) is 25.5 Å². The molecule has 0 aliphatic carbocycles. The minimum atomic E-state index is -0.507. The van der Waals surface area contributed by atoms with Gasteiger partial charge in [0.05, 0.1) is 12.2 Å². The Balaban J connectivity index is 3.23. The van der Waals surface area contributed by atoms with Crippen molar-refractivity contribution in [3.63, 3.8) is 0 Å². The molecule has 0 aliphatic heterocycles. The van der Waals surface area contributed by atoms with Crippen molar-refractivity contribution < 1.29 is 19.1 Å². The van der Waals surface area contributed by atoms with Crippen molar-refractivity contribution in [1.29, 1.82) is 0 Å². The van der Waals surface area contributed by atoms with E-state index in [4.69, 9.17) is 4.74 Å². The molecule has 0 spiro atoms. The van der Waals surface area contributed by atoms with Crippen LogP contribution in [0.25, 0.3) is 0 Å². The number of ketones is 1. The van der Waals surface area contributed by atoms with Crippen LogP contribution in [0.5, 0.6) is 0 Å². The van der Waals surface area contributed by atoms with Crippen molar-refractivity contribution in [2.45, 2.75) is 20.3 Å². The monoisotopic (exact) mass is 234 g/mol. The van der Waals surface area contributed by atoms with Crippen molar-refractivity contribution in [2.75, 3.05) is 6.61 Å². The zero-order valence-corrected chi connectivity index (χ0v) is 9.86. The first kappa shape index (κ1) is 13.1. The van der Waals surface area contributed by atoms with Gasteiger partial charge in [0, 0.05) is 12.0 Å². The molecule has 0 bridgehead atoms. The van der Waals surface area contributed by atoms with Crippen LogP contribution in [0.1, 0.15) is 40.1 Å². The highest BCUT2D eigenvalue weighted by Crippen LogP contribution is 2.16. The molecule has 0 atom stereocenters. The van der Waals surface area contributed by atoms with Crippen LogP contribution in [0.15, 0.2) is 18.2 Å². The van der Waals surface area contributed by atoms with Crippen LogP contribution in [0, 0.1) is 0 Å². The number of carbonyl (C=O) groups is 3. The Morgan fingerprint density at radius 3 is 2.59 bits per heavy atom. The van der Waals surface area contributed by atoms with Crippen LogP contribution >= 0.6 is 0 Å². The molecule has 4 heteroatoms. The number of Topliss-reactive ketones (excluding diaryl/α,β-unsaturated/α-hetero) is 1. The molecule has 1 aromatic carbocycles. The van der Waals surface area contributed by atoms with Crippen molar-refractivity contribution in [2.24, 2.45) is 0 Å². The molecule has 0 saturated heterocycles. The van der Waals surface area contributed by atoms with E-state index < -0.39 is 5.97 Å². The summed E-state index contributed by atoms with van der Waals surface area (Å²) in [6, 6.07) is 4.73. The number of esters is 1. The highest BCUT2D eigenvalue weighted by Gasteiger charge is 2.16. The minimum Gasteiger partial charge on any atom is -0.462 e. The van der Waals surface area contributed by atoms with Gasteiger partial charge in [-0.3, -0.25) is 9.59 Å². The second kappa shape index (κ2) is 5.94. The number of carbonyl (C=O) groups excluding carboxylic acids is 3. The summed E-state index contributed by atoms with van der Waals surface area (Å²) < 4.78 is 4.88. The number of benzene rings is 1. The first-order valence-corrected chi connectivity index (χ1v) is 5.33. The van der Waals surface area contributed by atoms with Crippen LogP contribution in [0.3, 0.4) is 0 Å². The molecule has 17 heavy (non-hydrogen) atoms. The first-order chi connectivity index (χ1) is 8.10. The van der Waals surface area contributed by atoms with E-state index in [0.717, 1.165) is 0 Å². The lowest BCUT2D eigenvalue weighted by Gasteiger charge is -2.09. The number of hydrogen-bond donors (Lipinski definition) is 0. The molecule has 1 aromatic rings. The fourth-order valence-corrected chi connectivity index (χ4v) is 1.56. The molecule has 0 amide bonds. The van der Waals surface area contributed by atoms with E-state index in [1.165, 1.54) is 6.92 Å². The molecule has 0 fully saturated rings. The summed E-state index contributed by atoms with van der Waals surface area (Å²) in [7, 11) is 0. The number of hydrogen-bond acceptors (Lipinski definition) is 4. The summed E-state index contributed by atoms with van der Waals surface area (Å²) in [5, 5.41) is 0. The minimum absolute atomic E-state index is 0.0586. The molecule has 0 radical (unpaired) electrons. The highest BCUT2D eigenvalue weighted by atomic mass is 16.5. The Morgan fingerprint density at radius 2 is 2.06 bits per heavy atom. The number of aldehydes is 1. The summed E-state index contributed by atoms with van der Waals surface area (Å²) >= 11 is 0. The van der Waals surface area contributed by atoms with Gasteiger partial charge in [0.25, 0.3) is 0 Å². The van der Waals surface area contributed by atoms with Crippen molar-refractivity contribution in [3.8, 4) is 0 Å². The number of rotatable bonds is 5. The topological polar surface area (TPSA) is 60.4 Å². The molecule has 0 aromatic heterocycles. The van der Waals surface area contributed by atoms with Crippen molar-refractivity contribution in [3.05, 3.63) is 34.9 Å². The zero-order chi connectivity index (χ0) is 12.8. The Kier molecular flexibility index (Phi) is 4.57. The largest absolute Gasteiger partial charge is 0.462 e. The molecule has 0 saturated carbocycles.